The maximum absolute atomic E-state index is 11.5. The molecule has 1 saturated carbocycles. The molecule has 0 aliphatic heterocycles. The number of rotatable bonds is 8. The van der Waals surface area contributed by atoms with Crippen LogP contribution in [0.15, 0.2) is 0 Å². The van der Waals surface area contributed by atoms with E-state index in [2.05, 4.69) is 34.2 Å². The third-order valence-electron chi connectivity index (χ3n) is 3.47. The van der Waals surface area contributed by atoms with Gasteiger partial charge in [-0.1, -0.05) is 0 Å². The zero-order chi connectivity index (χ0) is 14.4. The van der Waals surface area contributed by atoms with Crippen molar-refractivity contribution in [2.45, 2.75) is 44.8 Å². The van der Waals surface area contributed by atoms with Crippen molar-refractivity contribution in [2.75, 3.05) is 27.2 Å². The van der Waals surface area contributed by atoms with E-state index in [1.165, 1.54) is 26.9 Å². The SMILES string of the molecule is COC(=O)C(CNCC(C)N(C)C1CC1)NC(C)=O. The molecule has 0 radical (unpaired) electrons. The van der Waals surface area contributed by atoms with Crippen LogP contribution in [-0.4, -0.2) is 62.1 Å². The molecular formula is C13H25N3O3. The van der Waals surface area contributed by atoms with Gasteiger partial charge in [0.05, 0.1) is 7.11 Å². The molecule has 19 heavy (non-hydrogen) atoms. The number of likely N-dealkylation sites (N-methyl/N-ethyl adjacent to an activating group) is 1. The first-order chi connectivity index (χ1) is 8.95. The number of hydrogen-bond donors (Lipinski definition) is 2. The number of ether oxygens (including phenoxy) is 1. The van der Waals surface area contributed by atoms with Crippen LogP contribution < -0.4 is 10.6 Å². The number of carbonyl (C=O) groups is 2. The molecule has 0 heterocycles. The molecule has 1 amide bonds. The predicted octanol–water partition coefficient (Wildman–Crippen LogP) is -0.264. The second-order valence-electron chi connectivity index (χ2n) is 5.18. The van der Waals surface area contributed by atoms with Crippen LogP contribution >= 0.6 is 0 Å². The van der Waals surface area contributed by atoms with Crippen molar-refractivity contribution in [1.82, 2.24) is 15.5 Å². The summed E-state index contributed by atoms with van der Waals surface area (Å²) in [5, 5.41) is 5.79. The first-order valence-electron chi connectivity index (χ1n) is 6.73. The van der Waals surface area contributed by atoms with Crippen molar-refractivity contribution >= 4 is 11.9 Å². The highest BCUT2D eigenvalue weighted by molar-refractivity contribution is 5.83. The summed E-state index contributed by atoms with van der Waals surface area (Å²) in [6.07, 6.45) is 2.55. The van der Waals surface area contributed by atoms with Crippen molar-refractivity contribution in [2.24, 2.45) is 0 Å². The van der Waals surface area contributed by atoms with Crippen molar-refractivity contribution in [3.8, 4) is 0 Å². The number of esters is 1. The van der Waals surface area contributed by atoms with E-state index < -0.39 is 12.0 Å². The highest BCUT2D eigenvalue weighted by Crippen LogP contribution is 2.26. The third-order valence-corrected chi connectivity index (χ3v) is 3.47. The van der Waals surface area contributed by atoms with Gasteiger partial charge in [0, 0.05) is 32.1 Å². The Balaban J connectivity index is 2.30. The van der Waals surface area contributed by atoms with E-state index in [1.54, 1.807) is 0 Å². The molecule has 0 saturated heterocycles. The monoisotopic (exact) mass is 271 g/mol. The quantitative estimate of drug-likeness (QED) is 0.595. The molecule has 0 aromatic carbocycles. The van der Waals surface area contributed by atoms with Gasteiger partial charge in [0.1, 0.15) is 6.04 Å². The van der Waals surface area contributed by atoms with Crippen LogP contribution in [0.2, 0.25) is 0 Å². The molecular weight excluding hydrogens is 246 g/mol. The van der Waals surface area contributed by atoms with E-state index >= 15 is 0 Å². The summed E-state index contributed by atoms with van der Waals surface area (Å²) in [5.41, 5.74) is 0. The van der Waals surface area contributed by atoms with Crippen LogP contribution in [0.4, 0.5) is 0 Å². The fraction of sp³-hybridized carbons (Fsp3) is 0.846. The van der Waals surface area contributed by atoms with E-state index in [4.69, 9.17) is 0 Å². The first kappa shape index (κ1) is 15.9. The lowest BCUT2D eigenvalue weighted by atomic mass is 10.2. The predicted molar refractivity (Wildman–Crippen MR) is 72.7 cm³/mol. The van der Waals surface area contributed by atoms with E-state index in [0.717, 1.165) is 6.54 Å². The smallest absolute Gasteiger partial charge is 0.329 e. The van der Waals surface area contributed by atoms with Gasteiger partial charge in [-0.2, -0.15) is 0 Å². The molecule has 0 aromatic heterocycles. The summed E-state index contributed by atoms with van der Waals surface area (Å²) in [5.74, 6) is -0.661. The zero-order valence-electron chi connectivity index (χ0n) is 12.2. The number of nitrogens with zero attached hydrogens (tertiary/aromatic N) is 1. The lowest BCUT2D eigenvalue weighted by Crippen LogP contribution is -2.49. The molecule has 110 valence electrons. The Morgan fingerprint density at radius 1 is 1.37 bits per heavy atom. The molecule has 2 atom stereocenters. The minimum atomic E-state index is -0.624. The minimum Gasteiger partial charge on any atom is -0.467 e. The summed E-state index contributed by atoms with van der Waals surface area (Å²) in [6, 6.07) is 0.493. The summed E-state index contributed by atoms with van der Waals surface area (Å²) < 4.78 is 4.66. The molecule has 2 unspecified atom stereocenters. The van der Waals surface area contributed by atoms with E-state index in [-0.39, 0.29) is 5.91 Å². The summed E-state index contributed by atoms with van der Waals surface area (Å²) in [4.78, 5) is 24.9. The number of carbonyl (C=O) groups excluding carboxylic acids is 2. The summed E-state index contributed by atoms with van der Waals surface area (Å²) in [6.45, 7) is 4.70. The molecule has 2 N–H and O–H groups in total. The zero-order valence-corrected chi connectivity index (χ0v) is 12.2. The normalized spacial score (nSPS) is 17.9. The summed E-state index contributed by atoms with van der Waals surface area (Å²) in [7, 11) is 3.44. The number of hydrogen-bond acceptors (Lipinski definition) is 5. The standard InChI is InChI=1S/C13H25N3O3/c1-9(16(3)11-5-6-11)7-14-8-12(13(18)19-4)15-10(2)17/h9,11-12,14H,5-8H2,1-4H3,(H,15,17). The van der Waals surface area contributed by atoms with Crippen LogP contribution in [0.3, 0.4) is 0 Å². The fourth-order valence-electron chi connectivity index (χ4n) is 2.00. The van der Waals surface area contributed by atoms with Gasteiger partial charge in [-0.05, 0) is 26.8 Å². The van der Waals surface area contributed by atoms with Crippen LogP contribution in [-0.2, 0) is 14.3 Å². The van der Waals surface area contributed by atoms with Crippen molar-refractivity contribution in [1.29, 1.82) is 0 Å². The molecule has 1 rings (SSSR count). The highest BCUT2D eigenvalue weighted by atomic mass is 16.5. The van der Waals surface area contributed by atoms with Crippen molar-refractivity contribution in [3.05, 3.63) is 0 Å². The van der Waals surface area contributed by atoms with Gasteiger partial charge in [0.2, 0.25) is 5.91 Å². The topological polar surface area (TPSA) is 70.7 Å². The Hall–Kier alpha value is -1.14. The first-order valence-corrected chi connectivity index (χ1v) is 6.73. The molecule has 1 aliphatic carbocycles. The van der Waals surface area contributed by atoms with Gasteiger partial charge in [0.15, 0.2) is 0 Å². The highest BCUT2D eigenvalue weighted by Gasteiger charge is 2.29. The van der Waals surface area contributed by atoms with Gasteiger partial charge in [-0.15, -0.1) is 0 Å². The van der Waals surface area contributed by atoms with Gasteiger partial charge in [0.25, 0.3) is 0 Å². The third kappa shape index (κ3) is 5.57. The van der Waals surface area contributed by atoms with Crippen LogP contribution in [0.5, 0.6) is 0 Å². The molecule has 1 fully saturated rings. The lowest BCUT2D eigenvalue weighted by Gasteiger charge is -2.25. The van der Waals surface area contributed by atoms with Crippen LogP contribution in [0.25, 0.3) is 0 Å². The maximum atomic E-state index is 11.5. The van der Waals surface area contributed by atoms with Gasteiger partial charge in [-0.25, -0.2) is 4.79 Å². The number of methoxy groups -OCH3 is 1. The molecule has 0 spiro atoms. The Kier molecular flexibility index (Phi) is 6.24. The average Bonchev–Trinajstić information content (AvgIpc) is 3.19. The Morgan fingerprint density at radius 2 is 2.00 bits per heavy atom. The molecule has 0 bridgehead atoms. The van der Waals surface area contributed by atoms with Crippen LogP contribution in [0.1, 0.15) is 26.7 Å². The molecule has 6 heteroatoms. The Bertz CT molecular complexity index is 318. The minimum absolute atomic E-state index is 0.236. The molecule has 6 nitrogen and oxygen atoms in total. The van der Waals surface area contributed by atoms with Crippen molar-refractivity contribution < 1.29 is 14.3 Å². The van der Waals surface area contributed by atoms with E-state index in [9.17, 15) is 9.59 Å². The van der Waals surface area contributed by atoms with Crippen molar-refractivity contribution in [3.63, 3.8) is 0 Å². The van der Waals surface area contributed by atoms with Gasteiger partial charge < -0.3 is 15.4 Å². The second kappa shape index (κ2) is 7.45. The Labute approximate surface area is 114 Å². The van der Waals surface area contributed by atoms with Gasteiger partial charge in [-0.3, -0.25) is 9.69 Å². The molecule has 0 aromatic rings. The second-order valence-corrected chi connectivity index (χ2v) is 5.18. The van der Waals surface area contributed by atoms with Crippen LogP contribution in [0, 0.1) is 0 Å². The Morgan fingerprint density at radius 3 is 2.47 bits per heavy atom. The van der Waals surface area contributed by atoms with E-state index in [1.807, 2.05) is 0 Å². The summed E-state index contributed by atoms with van der Waals surface area (Å²) >= 11 is 0. The largest absolute Gasteiger partial charge is 0.467 e. The fourth-order valence-corrected chi connectivity index (χ4v) is 2.00. The lowest BCUT2D eigenvalue weighted by molar-refractivity contribution is -0.144. The number of nitrogens with one attached hydrogen (secondary N) is 2. The van der Waals surface area contributed by atoms with E-state index in [0.29, 0.717) is 18.6 Å². The van der Waals surface area contributed by atoms with Gasteiger partial charge >= 0.3 is 5.97 Å². The average molecular weight is 271 g/mol. The number of amides is 1. The molecule has 1 aliphatic rings. The maximum Gasteiger partial charge on any atom is 0.329 e.